The lowest BCUT2D eigenvalue weighted by molar-refractivity contribution is -0.137. The molecular formula is C16H15F3N6O. The van der Waals surface area contributed by atoms with Crippen LogP contribution in [0, 0.1) is 17.2 Å². The molecule has 1 saturated carbocycles. The molecule has 0 spiro atoms. The van der Waals surface area contributed by atoms with Gasteiger partial charge in [0.05, 0.1) is 11.6 Å². The van der Waals surface area contributed by atoms with E-state index in [0.717, 1.165) is 29.8 Å². The summed E-state index contributed by atoms with van der Waals surface area (Å²) >= 11 is 0. The van der Waals surface area contributed by atoms with Crippen molar-refractivity contribution in [1.29, 1.82) is 5.26 Å². The molecule has 1 aromatic carbocycles. The highest BCUT2D eigenvalue weighted by Gasteiger charge is 2.43. The Morgan fingerprint density at radius 2 is 2.15 bits per heavy atom. The third kappa shape index (κ3) is 3.82. The van der Waals surface area contributed by atoms with Crippen LogP contribution in [0.4, 0.5) is 13.2 Å². The zero-order chi connectivity index (χ0) is 18.9. The number of nitriles is 1. The number of nitrogens with zero attached hydrogens (tertiary/aromatic N) is 5. The summed E-state index contributed by atoms with van der Waals surface area (Å²) in [5.41, 5.74) is -1.62. The summed E-state index contributed by atoms with van der Waals surface area (Å²) < 4.78 is 38.3. The van der Waals surface area contributed by atoms with Crippen molar-refractivity contribution in [2.75, 3.05) is 0 Å². The van der Waals surface area contributed by atoms with Gasteiger partial charge in [-0.3, -0.25) is 4.79 Å². The summed E-state index contributed by atoms with van der Waals surface area (Å²) in [7, 11) is 0. The van der Waals surface area contributed by atoms with E-state index < -0.39 is 23.2 Å². The highest BCUT2D eigenvalue weighted by Crippen LogP contribution is 2.39. The average Bonchev–Trinajstić information content (AvgIpc) is 3.35. The summed E-state index contributed by atoms with van der Waals surface area (Å²) in [6.07, 6.45) is -2.71. The molecule has 7 nitrogen and oxygen atoms in total. The number of halogens is 3. The maximum absolute atomic E-state index is 12.8. The molecule has 1 atom stereocenters. The van der Waals surface area contributed by atoms with E-state index in [2.05, 4.69) is 26.8 Å². The van der Waals surface area contributed by atoms with Gasteiger partial charge in [-0.15, -0.1) is 10.2 Å². The van der Waals surface area contributed by atoms with Crippen LogP contribution in [0.25, 0.3) is 11.4 Å². The summed E-state index contributed by atoms with van der Waals surface area (Å²) in [5.74, 6) is -0.357. The Labute approximate surface area is 146 Å². The SMILES string of the molecule is C[C@@](C#N)(NC(=O)Cn1nnc(-c2cccc(C(F)(F)F)c2)n1)C1CC1. The Morgan fingerprint density at radius 3 is 2.77 bits per heavy atom. The first-order valence-electron chi connectivity index (χ1n) is 7.89. The average molecular weight is 364 g/mol. The van der Waals surface area contributed by atoms with Crippen LogP contribution in [0.2, 0.25) is 0 Å². The molecule has 136 valence electrons. The molecule has 1 fully saturated rings. The molecule has 10 heteroatoms. The smallest absolute Gasteiger partial charge is 0.336 e. The third-order valence-electron chi connectivity index (χ3n) is 4.21. The van der Waals surface area contributed by atoms with E-state index in [0.29, 0.717) is 0 Å². The fraction of sp³-hybridized carbons (Fsp3) is 0.438. The van der Waals surface area contributed by atoms with Crippen molar-refractivity contribution < 1.29 is 18.0 Å². The van der Waals surface area contributed by atoms with E-state index >= 15 is 0 Å². The molecule has 0 radical (unpaired) electrons. The molecule has 1 aromatic heterocycles. The van der Waals surface area contributed by atoms with E-state index in [9.17, 15) is 23.2 Å². The number of hydrogen-bond acceptors (Lipinski definition) is 5. The highest BCUT2D eigenvalue weighted by molar-refractivity contribution is 5.77. The molecule has 0 bridgehead atoms. The zero-order valence-corrected chi connectivity index (χ0v) is 13.8. The number of alkyl halides is 3. The highest BCUT2D eigenvalue weighted by atomic mass is 19.4. The standard InChI is InChI=1S/C16H15F3N6O/c1-15(9-20,11-5-6-11)21-13(26)8-25-23-14(22-24-25)10-3-2-4-12(7-10)16(17,18)19/h2-4,7,11H,5-6,8H2,1H3,(H,21,26)/t15-/m0/s1. The van der Waals surface area contributed by atoms with Gasteiger partial charge in [-0.1, -0.05) is 12.1 Å². The molecule has 1 aliphatic carbocycles. The molecule has 1 N–H and O–H groups in total. The summed E-state index contributed by atoms with van der Waals surface area (Å²) in [6.45, 7) is 1.38. The Hall–Kier alpha value is -2.96. The van der Waals surface area contributed by atoms with E-state index in [1.807, 2.05) is 0 Å². The second-order valence-electron chi connectivity index (χ2n) is 6.36. The molecule has 3 rings (SSSR count). The second kappa shape index (κ2) is 6.40. The number of tetrazole rings is 1. The summed E-state index contributed by atoms with van der Waals surface area (Å²) in [4.78, 5) is 13.1. The van der Waals surface area contributed by atoms with Crippen molar-refractivity contribution in [3.8, 4) is 17.5 Å². The minimum atomic E-state index is -4.48. The number of carbonyl (C=O) groups is 1. The van der Waals surface area contributed by atoms with Gasteiger partial charge in [-0.25, -0.2) is 0 Å². The van der Waals surface area contributed by atoms with Crippen LogP contribution in [0.3, 0.4) is 0 Å². The fourth-order valence-electron chi connectivity index (χ4n) is 2.60. The van der Waals surface area contributed by atoms with Crippen LogP contribution in [-0.4, -0.2) is 31.7 Å². The van der Waals surface area contributed by atoms with Gasteiger partial charge >= 0.3 is 6.18 Å². The van der Waals surface area contributed by atoms with Gasteiger partial charge in [-0.05, 0) is 43.0 Å². The second-order valence-corrected chi connectivity index (χ2v) is 6.36. The maximum atomic E-state index is 12.8. The number of aromatic nitrogens is 4. The molecule has 1 heterocycles. The van der Waals surface area contributed by atoms with Crippen molar-refractivity contribution in [3.05, 3.63) is 29.8 Å². The van der Waals surface area contributed by atoms with Gasteiger partial charge in [0.25, 0.3) is 0 Å². The lowest BCUT2D eigenvalue weighted by Crippen LogP contribution is -2.48. The minimum Gasteiger partial charge on any atom is -0.336 e. The van der Waals surface area contributed by atoms with E-state index in [1.54, 1.807) is 6.92 Å². The number of carbonyl (C=O) groups excluding carboxylic acids is 1. The van der Waals surface area contributed by atoms with Crippen LogP contribution in [0.1, 0.15) is 25.3 Å². The van der Waals surface area contributed by atoms with Crippen molar-refractivity contribution in [1.82, 2.24) is 25.5 Å². The molecule has 1 aliphatic rings. The van der Waals surface area contributed by atoms with Crippen LogP contribution in [0.15, 0.2) is 24.3 Å². The van der Waals surface area contributed by atoms with Crippen molar-refractivity contribution in [2.24, 2.45) is 5.92 Å². The normalized spacial score (nSPS) is 16.6. The van der Waals surface area contributed by atoms with Crippen LogP contribution >= 0.6 is 0 Å². The van der Waals surface area contributed by atoms with Gasteiger partial charge in [0, 0.05) is 5.56 Å². The van der Waals surface area contributed by atoms with Gasteiger partial charge in [0.1, 0.15) is 12.1 Å². The van der Waals surface area contributed by atoms with Crippen LogP contribution in [-0.2, 0) is 17.5 Å². The Morgan fingerprint density at radius 1 is 1.42 bits per heavy atom. The molecule has 0 saturated heterocycles. The van der Waals surface area contributed by atoms with Crippen LogP contribution < -0.4 is 5.32 Å². The summed E-state index contributed by atoms with van der Waals surface area (Å²) in [6, 6.07) is 6.65. The predicted molar refractivity (Wildman–Crippen MR) is 83.1 cm³/mol. The zero-order valence-electron chi connectivity index (χ0n) is 13.8. The van der Waals surface area contributed by atoms with Gasteiger partial charge in [-0.2, -0.15) is 23.2 Å². The van der Waals surface area contributed by atoms with Crippen molar-refractivity contribution in [3.63, 3.8) is 0 Å². The number of nitrogens with one attached hydrogen (secondary N) is 1. The molecule has 2 aromatic rings. The first kappa shape index (κ1) is 17.8. The quantitative estimate of drug-likeness (QED) is 0.877. The van der Waals surface area contributed by atoms with E-state index in [4.69, 9.17) is 0 Å². The third-order valence-corrected chi connectivity index (χ3v) is 4.21. The van der Waals surface area contributed by atoms with Crippen molar-refractivity contribution in [2.45, 2.75) is 38.0 Å². The first-order chi connectivity index (χ1) is 12.2. The van der Waals surface area contributed by atoms with Gasteiger partial charge in [0.2, 0.25) is 11.7 Å². The van der Waals surface area contributed by atoms with E-state index in [1.165, 1.54) is 12.1 Å². The molecule has 26 heavy (non-hydrogen) atoms. The Bertz CT molecular complexity index is 867. The molecule has 0 unspecified atom stereocenters. The number of amides is 1. The fourth-order valence-corrected chi connectivity index (χ4v) is 2.60. The monoisotopic (exact) mass is 364 g/mol. The summed E-state index contributed by atoms with van der Waals surface area (Å²) in [5, 5.41) is 23.2. The topological polar surface area (TPSA) is 96.5 Å². The maximum Gasteiger partial charge on any atom is 0.416 e. The van der Waals surface area contributed by atoms with Gasteiger partial charge < -0.3 is 5.32 Å². The Kier molecular flexibility index (Phi) is 4.39. The van der Waals surface area contributed by atoms with Gasteiger partial charge in [0.15, 0.2) is 0 Å². The van der Waals surface area contributed by atoms with Crippen LogP contribution in [0.5, 0.6) is 0 Å². The Balaban J connectivity index is 1.70. The first-order valence-corrected chi connectivity index (χ1v) is 7.89. The minimum absolute atomic E-state index is 0.0193. The number of hydrogen-bond donors (Lipinski definition) is 1. The lowest BCUT2D eigenvalue weighted by Gasteiger charge is -2.22. The molecule has 0 aliphatic heterocycles. The number of rotatable bonds is 5. The van der Waals surface area contributed by atoms with E-state index in [-0.39, 0.29) is 23.9 Å². The largest absolute Gasteiger partial charge is 0.416 e. The molecular weight excluding hydrogens is 349 g/mol. The number of benzene rings is 1. The lowest BCUT2D eigenvalue weighted by atomic mass is 9.98. The van der Waals surface area contributed by atoms with Crippen molar-refractivity contribution >= 4 is 5.91 Å². The predicted octanol–water partition coefficient (Wildman–Crippen LogP) is 2.17. The molecule has 1 amide bonds.